The molecule has 102 valence electrons. The molecule has 3 aliphatic rings. The highest BCUT2D eigenvalue weighted by Crippen LogP contribution is 2.50. The van der Waals surface area contributed by atoms with Gasteiger partial charge in [-0.25, -0.2) is 9.38 Å². The van der Waals surface area contributed by atoms with Crippen LogP contribution in [0.1, 0.15) is 16.7 Å². The molecule has 0 atom stereocenters. The fourth-order valence-corrected chi connectivity index (χ4v) is 2.99. The van der Waals surface area contributed by atoms with E-state index in [0.717, 1.165) is 34.5 Å². The molecule has 5 heteroatoms. The second kappa shape index (κ2) is 3.49. The Morgan fingerprint density at radius 1 is 1.14 bits per heavy atom. The van der Waals surface area contributed by atoms with Crippen LogP contribution in [0, 0.1) is 5.82 Å². The van der Waals surface area contributed by atoms with Crippen LogP contribution >= 0.6 is 0 Å². The number of halogens is 1. The van der Waals surface area contributed by atoms with E-state index < -0.39 is 0 Å². The van der Waals surface area contributed by atoms with Crippen LogP contribution in [0.5, 0.6) is 5.75 Å². The van der Waals surface area contributed by atoms with Gasteiger partial charge in [0.1, 0.15) is 11.6 Å². The minimum Gasteiger partial charge on any atom is -0.496 e. The van der Waals surface area contributed by atoms with Crippen molar-refractivity contribution < 1.29 is 14.0 Å². The zero-order valence-electron chi connectivity index (χ0n) is 11.1. The van der Waals surface area contributed by atoms with E-state index in [1.807, 2.05) is 6.07 Å². The Bertz CT molecular complexity index is 900. The largest absolute Gasteiger partial charge is 0.496 e. The number of hydrogen-bond donors (Lipinski definition) is 0. The average molecular weight is 280 g/mol. The lowest BCUT2D eigenvalue weighted by Crippen LogP contribution is -2.22. The van der Waals surface area contributed by atoms with Crippen LogP contribution in [0.25, 0.3) is 11.1 Å². The fourth-order valence-electron chi connectivity index (χ4n) is 2.99. The highest BCUT2D eigenvalue weighted by atomic mass is 19.1. The van der Waals surface area contributed by atoms with Gasteiger partial charge in [-0.1, -0.05) is 5.16 Å². The van der Waals surface area contributed by atoms with Gasteiger partial charge in [-0.2, -0.15) is 0 Å². The summed E-state index contributed by atoms with van der Waals surface area (Å²) in [5.41, 5.74) is 6.86. The summed E-state index contributed by atoms with van der Waals surface area (Å²) in [7, 11) is 1.59. The van der Waals surface area contributed by atoms with Crippen molar-refractivity contribution in [3.63, 3.8) is 0 Å². The molecule has 0 spiro atoms. The standard InChI is InChI=1S/C16H9FN2O2/c1-20-13-3-2-7(17)4-10(13)8-6-12-14(11-5-9(8)11)18-16-15(12)19-21-16/h2-4,6H,5H2,1H3. The van der Waals surface area contributed by atoms with Crippen molar-refractivity contribution in [3.8, 4) is 16.9 Å². The summed E-state index contributed by atoms with van der Waals surface area (Å²) in [6.45, 7) is 0. The van der Waals surface area contributed by atoms with Crippen molar-refractivity contribution in [3.05, 3.63) is 46.8 Å². The number of ether oxygens (including phenoxy) is 1. The molecule has 0 saturated carbocycles. The molecule has 4 nitrogen and oxygen atoms in total. The van der Waals surface area contributed by atoms with Gasteiger partial charge >= 0.3 is 0 Å². The summed E-state index contributed by atoms with van der Waals surface area (Å²) in [6, 6.07) is 6.57. The van der Waals surface area contributed by atoms with Crippen LogP contribution in [0.15, 0.2) is 34.4 Å². The monoisotopic (exact) mass is 280 g/mol. The maximum atomic E-state index is 13.6. The first-order valence-electron chi connectivity index (χ1n) is 6.63. The van der Waals surface area contributed by atoms with Crippen molar-refractivity contribution >= 4 is 17.3 Å². The Kier molecular flexibility index (Phi) is 1.83. The molecule has 2 aliphatic heterocycles. The van der Waals surface area contributed by atoms with Gasteiger partial charge in [0.25, 0.3) is 5.90 Å². The molecule has 0 bridgehead atoms. The zero-order chi connectivity index (χ0) is 14.1. The lowest BCUT2D eigenvalue weighted by molar-refractivity contribution is 0.309. The van der Waals surface area contributed by atoms with Crippen LogP contribution in [0.3, 0.4) is 0 Å². The molecule has 21 heavy (non-hydrogen) atoms. The lowest BCUT2D eigenvalue weighted by Gasteiger charge is -2.11. The number of benzene rings is 2. The summed E-state index contributed by atoms with van der Waals surface area (Å²) in [5, 5.41) is 3.91. The second-order valence-electron chi connectivity index (χ2n) is 5.25. The molecular weight excluding hydrogens is 271 g/mol. The van der Waals surface area contributed by atoms with Crippen LogP contribution in [0.4, 0.5) is 10.1 Å². The molecule has 0 fully saturated rings. The first-order chi connectivity index (χ1) is 10.3. The number of hydrogen-bond acceptors (Lipinski definition) is 4. The number of oxime groups is 1. The van der Waals surface area contributed by atoms with E-state index in [-0.39, 0.29) is 5.82 Å². The fraction of sp³-hybridized carbons (Fsp3) is 0.125. The summed E-state index contributed by atoms with van der Waals surface area (Å²) >= 11 is 0. The molecule has 5 rings (SSSR count). The molecule has 2 heterocycles. The molecule has 1 aliphatic carbocycles. The summed E-state index contributed by atoms with van der Waals surface area (Å²) in [6.07, 6.45) is 0.869. The van der Waals surface area contributed by atoms with E-state index in [2.05, 4.69) is 10.1 Å². The van der Waals surface area contributed by atoms with Crippen molar-refractivity contribution in [2.24, 2.45) is 10.1 Å². The summed E-state index contributed by atoms with van der Waals surface area (Å²) in [4.78, 5) is 9.40. The molecule has 0 amide bonds. The first kappa shape index (κ1) is 11.0. The maximum absolute atomic E-state index is 13.6. The Labute approximate surface area is 119 Å². The van der Waals surface area contributed by atoms with Crippen molar-refractivity contribution in [2.45, 2.75) is 6.42 Å². The van der Waals surface area contributed by atoms with Gasteiger partial charge in [-0.15, -0.1) is 0 Å². The van der Waals surface area contributed by atoms with Crippen LogP contribution in [-0.4, -0.2) is 18.7 Å². The smallest absolute Gasteiger partial charge is 0.279 e. The van der Waals surface area contributed by atoms with Crippen molar-refractivity contribution in [2.75, 3.05) is 7.11 Å². The topological polar surface area (TPSA) is 43.2 Å². The summed E-state index contributed by atoms with van der Waals surface area (Å²) < 4.78 is 19.0. The number of aliphatic imine (C=N–C) groups is 1. The molecule has 2 aromatic carbocycles. The molecule has 0 unspecified atom stereocenters. The van der Waals surface area contributed by atoms with Gasteiger partial charge in [0.15, 0.2) is 5.71 Å². The van der Waals surface area contributed by atoms with Gasteiger partial charge in [0.05, 0.1) is 12.8 Å². The van der Waals surface area contributed by atoms with Gasteiger partial charge in [-0.05, 0) is 41.0 Å². The SMILES string of the molecule is COc1ccc(F)cc1-c1cc2c(c3c1C3)N=C1ON=C12. The zero-order valence-corrected chi connectivity index (χ0v) is 11.1. The highest BCUT2D eigenvalue weighted by molar-refractivity contribution is 6.52. The normalized spacial score (nSPS) is 15.9. The Morgan fingerprint density at radius 2 is 2.05 bits per heavy atom. The number of methoxy groups -OCH3 is 1. The third-order valence-corrected chi connectivity index (χ3v) is 4.09. The van der Waals surface area contributed by atoms with Crippen LogP contribution < -0.4 is 4.74 Å². The highest BCUT2D eigenvalue weighted by Gasteiger charge is 2.39. The molecule has 0 saturated heterocycles. The van der Waals surface area contributed by atoms with Crippen molar-refractivity contribution in [1.29, 1.82) is 0 Å². The van der Waals surface area contributed by atoms with Gasteiger partial charge in [-0.3, -0.25) is 0 Å². The molecule has 0 aromatic heterocycles. The molecular formula is C16H9FN2O2. The predicted octanol–water partition coefficient (Wildman–Crippen LogP) is 3.18. The minimum atomic E-state index is -0.276. The van der Waals surface area contributed by atoms with Crippen molar-refractivity contribution in [1.82, 2.24) is 0 Å². The average Bonchev–Trinajstić information content (AvgIpc) is 3.20. The third-order valence-electron chi connectivity index (χ3n) is 4.09. The van der Waals surface area contributed by atoms with Crippen LogP contribution in [-0.2, 0) is 11.3 Å². The third kappa shape index (κ3) is 1.33. The molecule has 0 N–H and O–H groups in total. The van der Waals surface area contributed by atoms with E-state index in [0.29, 0.717) is 11.6 Å². The van der Waals surface area contributed by atoms with E-state index >= 15 is 0 Å². The van der Waals surface area contributed by atoms with Gasteiger partial charge in [0, 0.05) is 17.5 Å². The number of rotatable bonds is 2. The van der Waals surface area contributed by atoms with E-state index in [4.69, 9.17) is 9.57 Å². The summed E-state index contributed by atoms with van der Waals surface area (Å²) in [5.74, 6) is 0.973. The van der Waals surface area contributed by atoms with E-state index in [1.54, 1.807) is 13.2 Å². The molecule has 0 radical (unpaired) electrons. The van der Waals surface area contributed by atoms with Gasteiger partial charge in [0.2, 0.25) is 0 Å². The Balaban J connectivity index is 1.76. The van der Waals surface area contributed by atoms with Crippen LogP contribution in [0.2, 0.25) is 0 Å². The Morgan fingerprint density at radius 3 is 2.81 bits per heavy atom. The Hall–Kier alpha value is -2.69. The lowest BCUT2D eigenvalue weighted by atomic mass is 9.99. The minimum absolute atomic E-state index is 0.276. The molecule has 2 aromatic rings. The first-order valence-corrected chi connectivity index (χ1v) is 6.63. The maximum Gasteiger partial charge on any atom is 0.279 e. The second-order valence-corrected chi connectivity index (χ2v) is 5.25. The predicted molar refractivity (Wildman–Crippen MR) is 75.9 cm³/mol. The number of fused-ring (bicyclic) bond motifs is 5. The quantitative estimate of drug-likeness (QED) is 0.723. The number of nitrogens with zero attached hydrogens (tertiary/aromatic N) is 2. The van der Waals surface area contributed by atoms with E-state index in [1.165, 1.54) is 23.3 Å². The van der Waals surface area contributed by atoms with E-state index in [9.17, 15) is 4.39 Å². The van der Waals surface area contributed by atoms with Gasteiger partial charge < -0.3 is 9.57 Å².